The molecule has 0 radical (unpaired) electrons. The van der Waals surface area contributed by atoms with E-state index >= 15 is 0 Å². The van der Waals surface area contributed by atoms with Crippen molar-refractivity contribution in [2.24, 2.45) is 4.99 Å². The molecule has 0 fully saturated rings. The van der Waals surface area contributed by atoms with Crippen LogP contribution in [-0.2, 0) is 0 Å². The minimum Gasteiger partial charge on any atom is -0.256 e. The molecule has 15 heavy (non-hydrogen) atoms. The number of aliphatic imine (C=N–C) groups is 1. The summed E-state index contributed by atoms with van der Waals surface area (Å²) in [6, 6.07) is 17.8. The molecule has 2 aromatic carbocycles. The average molecular weight is 213 g/mol. The molecule has 0 atom stereocenters. The number of hydrogen-bond donors (Lipinski definition) is 1. The number of thiol groups is 1. The zero-order chi connectivity index (χ0) is 10.5. The highest BCUT2D eigenvalue weighted by Crippen LogP contribution is 2.14. The molecule has 0 saturated heterocycles. The molecule has 2 aromatic rings. The molecule has 2 heteroatoms. The summed E-state index contributed by atoms with van der Waals surface area (Å²) in [5, 5.41) is 0. The van der Waals surface area contributed by atoms with Crippen LogP contribution in [0.1, 0.15) is 5.56 Å². The molecule has 0 unspecified atom stereocenters. The fourth-order valence-corrected chi connectivity index (χ4v) is 1.38. The van der Waals surface area contributed by atoms with Crippen molar-refractivity contribution < 1.29 is 0 Å². The van der Waals surface area contributed by atoms with E-state index in [4.69, 9.17) is 0 Å². The predicted octanol–water partition coefficient (Wildman–Crippen LogP) is 3.73. The molecule has 0 N–H and O–H groups in total. The third kappa shape index (κ3) is 2.96. The summed E-state index contributed by atoms with van der Waals surface area (Å²) in [5.41, 5.74) is 2.05. The van der Waals surface area contributed by atoms with Gasteiger partial charge in [0.05, 0.1) is 5.69 Å². The van der Waals surface area contributed by atoms with Crippen LogP contribution < -0.4 is 0 Å². The fraction of sp³-hybridized carbons (Fsp3) is 0. The van der Waals surface area contributed by atoms with E-state index in [0.29, 0.717) is 0 Å². The van der Waals surface area contributed by atoms with E-state index in [2.05, 4.69) is 17.6 Å². The van der Waals surface area contributed by atoms with E-state index in [-0.39, 0.29) is 0 Å². The summed E-state index contributed by atoms with van der Waals surface area (Å²) in [5.74, 6) is 0. The van der Waals surface area contributed by atoms with E-state index in [0.717, 1.165) is 16.1 Å². The van der Waals surface area contributed by atoms with Gasteiger partial charge in [-0.2, -0.15) is 0 Å². The Balaban J connectivity index is 2.15. The van der Waals surface area contributed by atoms with Gasteiger partial charge in [-0.1, -0.05) is 30.3 Å². The second-order valence-electron chi connectivity index (χ2n) is 3.19. The van der Waals surface area contributed by atoms with Gasteiger partial charge in [-0.3, -0.25) is 4.99 Å². The van der Waals surface area contributed by atoms with Gasteiger partial charge in [-0.25, -0.2) is 0 Å². The zero-order valence-electron chi connectivity index (χ0n) is 8.17. The van der Waals surface area contributed by atoms with Crippen molar-refractivity contribution in [1.29, 1.82) is 0 Å². The highest BCUT2D eigenvalue weighted by molar-refractivity contribution is 7.80. The van der Waals surface area contributed by atoms with Crippen molar-refractivity contribution in [3.63, 3.8) is 0 Å². The van der Waals surface area contributed by atoms with Crippen LogP contribution >= 0.6 is 12.6 Å². The number of benzene rings is 2. The van der Waals surface area contributed by atoms with Gasteiger partial charge in [0.15, 0.2) is 0 Å². The molecule has 0 aromatic heterocycles. The molecular weight excluding hydrogens is 202 g/mol. The molecule has 1 nitrogen and oxygen atoms in total. The standard InChI is InChI=1S/C13H11NS/c15-13-8-6-12(7-9-13)14-10-11-4-2-1-3-5-11/h1-10,15H. The fourth-order valence-electron chi connectivity index (χ4n) is 1.23. The normalized spacial score (nSPS) is 10.7. The van der Waals surface area contributed by atoms with Crippen LogP contribution in [0.15, 0.2) is 64.5 Å². The van der Waals surface area contributed by atoms with Crippen molar-refractivity contribution in [2.75, 3.05) is 0 Å². The molecule has 0 aliphatic rings. The van der Waals surface area contributed by atoms with Gasteiger partial charge < -0.3 is 0 Å². The van der Waals surface area contributed by atoms with Crippen LogP contribution in [0.25, 0.3) is 0 Å². The maximum atomic E-state index is 4.36. The van der Waals surface area contributed by atoms with E-state index in [1.807, 2.05) is 60.8 Å². The lowest BCUT2D eigenvalue weighted by Crippen LogP contribution is -1.77. The highest BCUT2D eigenvalue weighted by atomic mass is 32.1. The summed E-state index contributed by atoms with van der Waals surface area (Å²) in [6.45, 7) is 0. The third-order valence-corrected chi connectivity index (χ3v) is 2.31. The van der Waals surface area contributed by atoms with Crippen LogP contribution in [0.2, 0.25) is 0 Å². The first-order valence-electron chi connectivity index (χ1n) is 4.73. The quantitative estimate of drug-likeness (QED) is 0.576. The lowest BCUT2D eigenvalue weighted by Gasteiger charge is -1.94. The molecular formula is C13H11NS. The van der Waals surface area contributed by atoms with Crippen molar-refractivity contribution in [3.8, 4) is 0 Å². The predicted molar refractivity (Wildman–Crippen MR) is 67.4 cm³/mol. The van der Waals surface area contributed by atoms with Gasteiger partial charge in [0.2, 0.25) is 0 Å². The SMILES string of the molecule is Sc1ccc(N=Cc2ccccc2)cc1. The Hall–Kier alpha value is -1.54. The summed E-state index contributed by atoms with van der Waals surface area (Å²) in [4.78, 5) is 5.31. The molecule has 2 rings (SSSR count). The Kier molecular flexibility index (Phi) is 3.20. The Bertz CT molecular complexity index is 446. The molecule has 0 heterocycles. The second-order valence-corrected chi connectivity index (χ2v) is 3.70. The minimum atomic E-state index is 0.941. The van der Waals surface area contributed by atoms with Crippen LogP contribution in [0.3, 0.4) is 0 Å². The van der Waals surface area contributed by atoms with Crippen LogP contribution in [-0.4, -0.2) is 6.21 Å². The number of rotatable bonds is 2. The summed E-state index contributed by atoms with van der Waals surface area (Å²) >= 11 is 4.22. The van der Waals surface area contributed by atoms with E-state index in [1.165, 1.54) is 0 Å². The maximum Gasteiger partial charge on any atom is 0.0630 e. The molecule has 0 amide bonds. The molecule has 0 aliphatic heterocycles. The smallest absolute Gasteiger partial charge is 0.0630 e. The lowest BCUT2D eigenvalue weighted by molar-refractivity contribution is 1.43. The van der Waals surface area contributed by atoms with Gasteiger partial charge in [0.1, 0.15) is 0 Å². The minimum absolute atomic E-state index is 0.941. The molecule has 74 valence electrons. The Morgan fingerprint density at radius 3 is 2.20 bits per heavy atom. The topological polar surface area (TPSA) is 12.4 Å². The van der Waals surface area contributed by atoms with Crippen LogP contribution in [0.4, 0.5) is 5.69 Å². The van der Waals surface area contributed by atoms with Gasteiger partial charge in [-0.05, 0) is 29.8 Å². The summed E-state index contributed by atoms with van der Waals surface area (Å²) < 4.78 is 0. The van der Waals surface area contributed by atoms with Crippen molar-refractivity contribution >= 4 is 24.5 Å². The molecule has 0 bridgehead atoms. The number of nitrogens with zero attached hydrogens (tertiary/aromatic N) is 1. The van der Waals surface area contributed by atoms with E-state index in [1.54, 1.807) is 0 Å². The second kappa shape index (κ2) is 4.80. The molecule has 0 aliphatic carbocycles. The molecule has 0 spiro atoms. The molecule has 0 saturated carbocycles. The Labute approximate surface area is 94.9 Å². The van der Waals surface area contributed by atoms with Gasteiger partial charge in [-0.15, -0.1) is 12.6 Å². The monoisotopic (exact) mass is 213 g/mol. The van der Waals surface area contributed by atoms with E-state index < -0.39 is 0 Å². The largest absolute Gasteiger partial charge is 0.256 e. The Morgan fingerprint density at radius 1 is 0.867 bits per heavy atom. The third-order valence-electron chi connectivity index (χ3n) is 2.01. The zero-order valence-corrected chi connectivity index (χ0v) is 9.06. The van der Waals surface area contributed by atoms with Gasteiger partial charge in [0.25, 0.3) is 0 Å². The average Bonchev–Trinajstić information content (AvgIpc) is 2.30. The first-order valence-corrected chi connectivity index (χ1v) is 5.17. The Morgan fingerprint density at radius 2 is 1.53 bits per heavy atom. The first kappa shape index (κ1) is 9.99. The number of hydrogen-bond acceptors (Lipinski definition) is 2. The van der Waals surface area contributed by atoms with Crippen LogP contribution in [0.5, 0.6) is 0 Å². The highest BCUT2D eigenvalue weighted by Gasteiger charge is 1.88. The van der Waals surface area contributed by atoms with Crippen molar-refractivity contribution in [2.45, 2.75) is 4.90 Å². The maximum absolute atomic E-state index is 4.36. The summed E-state index contributed by atoms with van der Waals surface area (Å²) in [6.07, 6.45) is 1.85. The van der Waals surface area contributed by atoms with Crippen LogP contribution in [0, 0.1) is 0 Å². The van der Waals surface area contributed by atoms with E-state index in [9.17, 15) is 0 Å². The van der Waals surface area contributed by atoms with Crippen molar-refractivity contribution in [1.82, 2.24) is 0 Å². The van der Waals surface area contributed by atoms with Crippen molar-refractivity contribution in [3.05, 3.63) is 60.2 Å². The van der Waals surface area contributed by atoms with Gasteiger partial charge in [0, 0.05) is 11.1 Å². The van der Waals surface area contributed by atoms with Gasteiger partial charge >= 0.3 is 0 Å². The lowest BCUT2D eigenvalue weighted by atomic mass is 10.2. The first-order chi connectivity index (χ1) is 7.34. The summed E-state index contributed by atoms with van der Waals surface area (Å²) in [7, 11) is 0.